The monoisotopic (exact) mass is 330 g/mol. The van der Waals surface area contributed by atoms with Crippen LogP contribution in [0.25, 0.3) is 0 Å². The predicted octanol–water partition coefficient (Wildman–Crippen LogP) is 2.14. The zero-order chi connectivity index (χ0) is 17.7. The molecule has 0 fully saturated rings. The van der Waals surface area contributed by atoms with Crippen molar-refractivity contribution >= 4 is 11.7 Å². The molecule has 1 amide bonds. The van der Waals surface area contributed by atoms with Crippen LogP contribution in [0.15, 0.2) is 36.4 Å². The van der Waals surface area contributed by atoms with E-state index >= 15 is 0 Å². The Morgan fingerprint density at radius 3 is 2.58 bits per heavy atom. The van der Waals surface area contributed by atoms with Crippen molar-refractivity contribution in [2.45, 2.75) is 38.8 Å². The molecule has 3 N–H and O–H groups in total. The number of carbonyl (C=O) groups is 1. The summed E-state index contributed by atoms with van der Waals surface area (Å²) in [6.07, 6.45) is 0. The Bertz CT molecular complexity index is 674. The fourth-order valence-electron chi connectivity index (χ4n) is 2.23. The number of benzene rings is 1. The molecule has 0 saturated heterocycles. The second kappa shape index (κ2) is 7.59. The molecule has 2 rings (SSSR count). The van der Waals surface area contributed by atoms with E-state index in [9.17, 15) is 4.79 Å². The summed E-state index contributed by atoms with van der Waals surface area (Å²) in [6, 6.07) is 11.2. The molecular formula is C18H26N4O2. The van der Waals surface area contributed by atoms with Crippen molar-refractivity contribution < 1.29 is 9.53 Å². The van der Waals surface area contributed by atoms with E-state index in [4.69, 9.17) is 10.5 Å². The first kappa shape index (κ1) is 18.2. The number of hydrogen-bond acceptors (Lipinski definition) is 4. The number of amides is 1. The summed E-state index contributed by atoms with van der Waals surface area (Å²) in [6.45, 7) is 7.01. The average Bonchev–Trinajstić information content (AvgIpc) is 2.91. The molecule has 0 radical (unpaired) electrons. The minimum atomic E-state index is -0.715. The highest BCUT2D eigenvalue weighted by Crippen LogP contribution is 2.24. The summed E-state index contributed by atoms with van der Waals surface area (Å²) in [5.41, 5.74) is 7.71. The smallest absolute Gasteiger partial charge is 0.244 e. The van der Waals surface area contributed by atoms with E-state index in [0.29, 0.717) is 12.4 Å². The summed E-state index contributed by atoms with van der Waals surface area (Å²) in [7, 11) is 1.52. The molecule has 6 heteroatoms. The molecular weight excluding hydrogens is 304 g/mol. The lowest BCUT2D eigenvalue weighted by Gasteiger charge is -2.14. The number of hydrogen-bond donors (Lipinski definition) is 2. The number of nitrogens with zero attached hydrogens (tertiary/aromatic N) is 2. The zero-order valence-corrected chi connectivity index (χ0v) is 14.7. The molecule has 2 aromatic rings. The molecule has 0 bridgehead atoms. The van der Waals surface area contributed by atoms with Gasteiger partial charge in [-0.3, -0.25) is 4.79 Å². The second-order valence-electron chi connectivity index (χ2n) is 6.86. The van der Waals surface area contributed by atoms with Crippen LogP contribution >= 0.6 is 0 Å². The number of aromatic nitrogens is 2. The molecule has 0 spiro atoms. The van der Waals surface area contributed by atoms with Gasteiger partial charge in [0, 0.05) is 18.6 Å². The van der Waals surface area contributed by atoms with Gasteiger partial charge in [-0.05, 0) is 5.56 Å². The SMILES string of the molecule is COCC(N)C(=O)Nc1cc(C(C)(C)C)nn1Cc1ccccc1. The van der Waals surface area contributed by atoms with Gasteiger partial charge < -0.3 is 15.8 Å². The lowest BCUT2D eigenvalue weighted by molar-refractivity contribution is -0.118. The first-order valence-corrected chi connectivity index (χ1v) is 7.99. The Kier molecular flexibility index (Phi) is 5.75. The van der Waals surface area contributed by atoms with Crippen LogP contribution in [-0.2, 0) is 21.5 Å². The van der Waals surface area contributed by atoms with Gasteiger partial charge in [0.25, 0.3) is 0 Å². The van der Waals surface area contributed by atoms with Crippen LogP contribution in [0.5, 0.6) is 0 Å². The summed E-state index contributed by atoms with van der Waals surface area (Å²) in [4.78, 5) is 12.2. The van der Waals surface area contributed by atoms with E-state index < -0.39 is 6.04 Å². The number of carbonyl (C=O) groups excluding carboxylic acids is 1. The molecule has 0 aliphatic heterocycles. The maximum absolute atomic E-state index is 12.2. The van der Waals surface area contributed by atoms with E-state index in [1.54, 1.807) is 4.68 Å². The maximum Gasteiger partial charge on any atom is 0.244 e. The highest BCUT2D eigenvalue weighted by atomic mass is 16.5. The molecule has 1 aromatic heterocycles. The van der Waals surface area contributed by atoms with Crippen molar-refractivity contribution in [3.63, 3.8) is 0 Å². The van der Waals surface area contributed by atoms with Crippen LogP contribution in [0.2, 0.25) is 0 Å². The summed E-state index contributed by atoms with van der Waals surface area (Å²) >= 11 is 0. The standard InChI is InChI=1S/C18H26N4O2/c1-18(2,3)15-10-16(20-17(23)14(19)12-24-4)22(21-15)11-13-8-6-5-7-9-13/h5-10,14H,11-12,19H2,1-4H3,(H,20,23). The van der Waals surface area contributed by atoms with Gasteiger partial charge in [0.05, 0.1) is 18.8 Å². The minimum absolute atomic E-state index is 0.115. The molecule has 24 heavy (non-hydrogen) atoms. The molecule has 130 valence electrons. The highest BCUT2D eigenvalue weighted by molar-refractivity contribution is 5.94. The zero-order valence-electron chi connectivity index (χ0n) is 14.7. The predicted molar refractivity (Wildman–Crippen MR) is 95.0 cm³/mol. The lowest BCUT2D eigenvalue weighted by atomic mass is 9.92. The van der Waals surface area contributed by atoms with Crippen molar-refractivity contribution in [3.8, 4) is 0 Å². The fourth-order valence-corrected chi connectivity index (χ4v) is 2.23. The van der Waals surface area contributed by atoms with Crippen LogP contribution < -0.4 is 11.1 Å². The largest absolute Gasteiger partial charge is 0.383 e. The normalized spacial score (nSPS) is 12.9. The van der Waals surface area contributed by atoms with E-state index in [1.165, 1.54) is 7.11 Å². The summed E-state index contributed by atoms with van der Waals surface area (Å²) in [5, 5.41) is 7.53. The number of methoxy groups -OCH3 is 1. The van der Waals surface area contributed by atoms with Gasteiger partial charge in [-0.15, -0.1) is 0 Å². The highest BCUT2D eigenvalue weighted by Gasteiger charge is 2.22. The van der Waals surface area contributed by atoms with Gasteiger partial charge in [-0.2, -0.15) is 5.10 Å². The second-order valence-corrected chi connectivity index (χ2v) is 6.86. The first-order chi connectivity index (χ1) is 11.3. The quantitative estimate of drug-likeness (QED) is 0.850. The molecule has 0 aliphatic rings. The molecule has 0 aliphatic carbocycles. The molecule has 1 aromatic carbocycles. The van der Waals surface area contributed by atoms with Gasteiger partial charge >= 0.3 is 0 Å². The third-order valence-corrected chi connectivity index (χ3v) is 3.66. The van der Waals surface area contributed by atoms with Crippen LogP contribution in [-0.4, -0.2) is 35.4 Å². The van der Waals surface area contributed by atoms with E-state index in [1.807, 2.05) is 36.4 Å². The van der Waals surface area contributed by atoms with Crippen LogP contribution in [0, 0.1) is 0 Å². The van der Waals surface area contributed by atoms with Crippen molar-refractivity contribution in [3.05, 3.63) is 47.7 Å². The fraction of sp³-hybridized carbons (Fsp3) is 0.444. The van der Waals surface area contributed by atoms with Gasteiger partial charge in [-0.25, -0.2) is 4.68 Å². The van der Waals surface area contributed by atoms with E-state index in [-0.39, 0.29) is 17.9 Å². The first-order valence-electron chi connectivity index (χ1n) is 7.99. The molecule has 0 saturated carbocycles. The van der Waals surface area contributed by atoms with E-state index in [2.05, 4.69) is 31.2 Å². The van der Waals surface area contributed by atoms with Crippen molar-refractivity contribution in [1.82, 2.24) is 9.78 Å². The third kappa shape index (κ3) is 4.66. The Morgan fingerprint density at radius 1 is 1.33 bits per heavy atom. The maximum atomic E-state index is 12.2. The van der Waals surface area contributed by atoms with Gasteiger partial charge in [-0.1, -0.05) is 51.1 Å². The number of rotatable bonds is 6. The average molecular weight is 330 g/mol. The number of nitrogens with two attached hydrogens (primary N) is 1. The van der Waals surface area contributed by atoms with Gasteiger partial charge in [0.1, 0.15) is 11.9 Å². The topological polar surface area (TPSA) is 82.2 Å². The Hall–Kier alpha value is -2.18. The Labute approximate surface area is 143 Å². The van der Waals surface area contributed by atoms with Crippen molar-refractivity contribution in [1.29, 1.82) is 0 Å². The third-order valence-electron chi connectivity index (χ3n) is 3.66. The Balaban J connectivity index is 2.27. The minimum Gasteiger partial charge on any atom is -0.383 e. The van der Waals surface area contributed by atoms with Crippen LogP contribution in [0.4, 0.5) is 5.82 Å². The number of anilines is 1. The summed E-state index contributed by atoms with van der Waals surface area (Å²) in [5.74, 6) is 0.354. The lowest BCUT2D eigenvalue weighted by Crippen LogP contribution is -2.39. The Morgan fingerprint density at radius 2 is 2.00 bits per heavy atom. The number of ether oxygens (including phenoxy) is 1. The van der Waals surface area contributed by atoms with Gasteiger partial charge in [0.2, 0.25) is 5.91 Å². The summed E-state index contributed by atoms with van der Waals surface area (Å²) < 4.78 is 6.74. The van der Waals surface area contributed by atoms with Crippen molar-refractivity contribution in [2.24, 2.45) is 5.73 Å². The molecule has 1 unspecified atom stereocenters. The van der Waals surface area contributed by atoms with E-state index in [0.717, 1.165) is 11.3 Å². The molecule has 6 nitrogen and oxygen atoms in total. The number of nitrogens with one attached hydrogen (secondary N) is 1. The van der Waals surface area contributed by atoms with Crippen molar-refractivity contribution in [2.75, 3.05) is 19.0 Å². The van der Waals surface area contributed by atoms with Crippen LogP contribution in [0.1, 0.15) is 32.0 Å². The molecule has 1 heterocycles. The van der Waals surface area contributed by atoms with Crippen LogP contribution in [0.3, 0.4) is 0 Å². The van der Waals surface area contributed by atoms with Gasteiger partial charge in [0.15, 0.2) is 0 Å². The molecule has 1 atom stereocenters.